The molecule has 2 heterocycles. The van der Waals surface area contributed by atoms with Crippen LogP contribution in [-0.4, -0.2) is 16.6 Å². The second-order valence-corrected chi connectivity index (χ2v) is 5.24. The molecule has 17 heavy (non-hydrogen) atoms. The Balaban J connectivity index is 2.03. The SMILES string of the molecule is Cc1cc(NCC(C)(O)c2cccs2)ccn1. The molecule has 2 N–H and O–H groups in total. The molecule has 0 amide bonds. The number of hydrogen-bond donors (Lipinski definition) is 2. The van der Waals surface area contributed by atoms with Crippen LogP contribution >= 0.6 is 11.3 Å². The zero-order valence-corrected chi connectivity index (χ0v) is 10.8. The van der Waals surface area contributed by atoms with Gasteiger partial charge in [-0.1, -0.05) is 6.07 Å². The number of hydrogen-bond acceptors (Lipinski definition) is 4. The van der Waals surface area contributed by atoms with Gasteiger partial charge < -0.3 is 10.4 Å². The predicted octanol–water partition coefficient (Wildman–Crippen LogP) is 2.77. The molecule has 3 nitrogen and oxygen atoms in total. The highest BCUT2D eigenvalue weighted by Crippen LogP contribution is 2.25. The van der Waals surface area contributed by atoms with Crippen molar-refractivity contribution in [3.05, 3.63) is 46.4 Å². The molecule has 1 unspecified atom stereocenters. The first-order valence-electron chi connectivity index (χ1n) is 5.51. The van der Waals surface area contributed by atoms with Crippen LogP contribution in [0.3, 0.4) is 0 Å². The van der Waals surface area contributed by atoms with Gasteiger partial charge in [0.25, 0.3) is 0 Å². The number of rotatable bonds is 4. The lowest BCUT2D eigenvalue weighted by molar-refractivity contribution is 0.0754. The van der Waals surface area contributed by atoms with E-state index in [1.54, 1.807) is 17.5 Å². The monoisotopic (exact) mass is 248 g/mol. The molecule has 0 saturated carbocycles. The highest BCUT2D eigenvalue weighted by Gasteiger charge is 2.23. The number of nitrogens with zero attached hydrogens (tertiary/aromatic N) is 1. The lowest BCUT2D eigenvalue weighted by Gasteiger charge is -2.23. The predicted molar refractivity (Wildman–Crippen MR) is 71.4 cm³/mol. The first-order chi connectivity index (χ1) is 8.08. The van der Waals surface area contributed by atoms with E-state index in [9.17, 15) is 5.11 Å². The average molecular weight is 248 g/mol. The fourth-order valence-corrected chi connectivity index (χ4v) is 2.39. The number of aliphatic hydroxyl groups is 1. The molecule has 0 radical (unpaired) electrons. The maximum absolute atomic E-state index is 10.3. The quantitative estimate of drug-likeness (QED) is 0.874. The van der Waals surface area contributed by atoms with Gasteiger partial charge in [0.15, 0.2) is 0 Å². The highest BCUT2D eigenvalue weighted by atomic mass is 32.1. The summed E-state index contributed by atoms with van der Waals surface area (Å²) in [5.74, 6) is 0. The van der Waals surface area contributed by atoms with Crippen LogP contribution in [-0.2, 0) is 5.60 Å². The first kappa shape index (κ1) is 12.1. The zero-order chi connectivity index (χ0) is 12.3. The second kappa shape index (κ2) is 4.85. The normalized spacial score (nSPS) is 14.3. The number of anilines is 1. The number of aryl methyl sites for hydroxylation is 1. The molecule has 0 aromatic carbocycles. The minimum absolute atomic E-state index is 0.483. The molecule has 2 aromatic heterocycles. The molecule has 2 aromatic rings. The van der Waals surface area contributed by atoms with E-state index in [4.69, 9.17) is 0 Å². The van der Waals surface area contributed by atoms with Gasteiger partial charge in [0.1, 0.15) is 5.60 Å². The van der Waals surface area contributed by atoms with Crippen molar-refractivity contribution >= 4 is 17.0 Å². The molecular formula is C13H16N2OS. The van der Waals surface area contributed by atoms with Gasteiger partial charge in [-0.15, -0.1) is 11.3 Å². The lowest BCUT2D eigenvalue weighted by atomic mass is 10.1. The molecular weight excluding hydrogens is 232 g/mol. The van der Waals surface area contributed by atoms with Crippen LogP contribution in [0.25, 0.3) is 0 Å². The van der Waals surface area contributed by atoms with E-state index in [0.717, 1.165) is 16.3 Å². The molecule has 4 heteroatoms. The fraction of sp³-hybridized carbons (Fsp3) is 0.308. The molecule has 0 aliphatic rings. The van der Waals surface area contributed by atoms with Gasteiger partial charge in [0, 0.05) is 29.0 Å². The van der Waals surface area contributed by atoms with Crippen molar-refractivity contribution in [2.45, 2.75) is 19.4 Å². The van der Waals surface area contributed by atoms with E-state index in [1.165, 1.54) is 0 Å². The summed E-state index contributed by atoms with van der Waals surface area (Å²) in [4.78, 5) is 5.10. The Morgan fingerprint density at radius 1 is 1.47 bits per heavy atom. The summed E-state index contributed by atoms with van der Waals surface area (Å²) in [5, 5.41) is 15.5. The van der Waals surface area contributed by atoms with Crippen molar-refractivity contribution < 1.29 is 5.11 Å². The third kappa shape index (κ3) is 3.05. The number of pyridine rings is 1. The van der Waals surface area contributed by atoms with E-state index >= 15 is 0 Å². The van der Waals surface area contributed by atoms with Crippen molar-refractivity contribution in [3.8, 4) is 0 Å². The summed E-state index contributed by atoms with van der Waals surface area (Å²) in [6, 6.07) is 7.76. The summed E-state index contributed by atoms with van der Waals surface area (Å²) in [6.45, 7) is 4.25. The van der Waals surface area contributed by atoms with Gasteiger partial charge in [0.05, 0.1) is 0 Å². The van der Waals surface area contributed by atoms with Crippen molar-refractivity contribution in [1.29, 1.82) is 0 Å². The van der Waals surface area contributed by atoms with E-state index in [1.807, 2.05) is 43.5 Å². The number of aromatic nitrogens is 1. The zero-order valence-electron chi connectivity index (χ0n) is 9.97. The molecule has 0 fully saturated rings. The Hall–Kier alpha value is -1.39. The molecule has 0 saturated heterocycles. The molecule has 90 valence electrons. The van der Waals surface area contributed by atoms with Crippen molar-refractivity contribution in [2.75, 3.05) is 11.9 Å². The molecule has 2 rings (SSSR count). The van der Waals surface area contributed by atoms with E-state index in [2.05, 4.69) is 10.3 Å². The van der Waals surface area contributed by atoms with Crippen molar-refractivity contribution in [1.82, 2.24) is 4.98 Å². The number of nitrogens with one attached hydrogen (secondary N) is 1. The van der Waals surface area contributed by atoms with Crippen LogP contribution in [0.4, 0.5) is 5.69 Å². The van der Waals surface area contributed by atoms with Crippen LogP contribution in [0, 0.1) is 6.92 Å². The third-order valence-corrected chi connectivity index (χ3v) is 3.71. The summed E-state index contributed by atoms with van der Waals surface area (Å²) in [5.41, 5.74) is 1.10. The summed E-state index contributed by atoms with van der Waals surface area (Å²) >= 11 is 1.57. The smallest absolute Gasteiger partial charge is 0.113 e. The van der Waals surface area contributed by atoms with E-state index in [0.29, 0.717) is 6.54 Å². The Kier molecular flexibility index (Phi) is 3.45. The first-order valence-corrected chi connectivity index (χ1v) is 6.39. The van der Waals surface area contributed by atoms with E-state index in [-0.39, 0.29) is 0 Å². The van der Waals surface area contributed by atoms with Crippen molar-refractivity contribution in [2.24, 2.45) is 0 Å². The van der Waals surface area contributed by atoms with Crippen LogP contribution in [0.1, 0.15) is 17.5 Å². The Labute approximate surface area is 105 Å². The highest BCUT2D eigenvalue weighted by molar-refractivity contribution is 7.10. The Bertz CT molecular complexity index is 480. The minimum Gasteiger partial charge on any atom is -0.383 e. The Morgan fingerprint density at radius 3 is 2.94 bits per heavy atom. The standard InChI is InChI=1S/C13H16N2OS/c1-10-8-11(5-6-14-10)15-9-13(2,16)12-4-3-7-17-12/h3-8,16H,9H2,1-2H3,(H,14,15). The largest absolute Gasteiger partial charge is 0.383 e. The molecule has 0 bridgehead atoms. The average Bonchev–Trinajstić information content (AvgIpc) is 2.81. The summed E-state index contributed by atoms with van der Waals surface area (Å²) in [7, 11) is 0. The maximum atomic E-state index is 10.3. The molecule has 1 atom stereocenters. The van der Waals surface area contributed by atoms with Crippen molar-refractivity contribution in [3.63, 3.8) is 0 Å². The van der Waals surface area contributed by atoms with Gasteiger partial charge in [-0.05, 0) is 37.4 Å². The van der Waals surface area contributed by atoms with Crippen LogP contribution in [0.15, 0.2) is 35.8 Å². The summed E-state index contributed by atoms with van der Waals surface area (Å²) in [6.07, 6.45) is 1.76. The van der Waals surface area contributed by atoms with Gasteiger partial charge in [0.2, 0.25) is 0 Å². The van der Waals surface area contributed by atoms with Crippen LogP contribution < -0.4 is 5.32 Å². The fourth-order valence-electron chi connectivity index (χ4n) is 1.60. The minimum atomic E-state index is -0.842. The summed E-state index contributed by atoms with van der Waals surface area (Å²) < 4.78 is 0. The molecule has 0 aliphatic carbocycles. The maximum Gasteiger partial charge on any atom is 0.113 e. The molecule has 0 spiro atoms. The van der Waals surface area contributed by atoms with Crippen LogP contribution in [0.5, 0.6) is 0 Å². The number of thiophene rings is 1. The van der Waals surface area contributed by atoms with Crippen LogP contribution in [0.2, 0.25) is 0 Å². The topological polar surface area (TPSA) is 45.1 Å². The van der Waals surface area contributed by atoms with Gasteiger partial charge in [-0.3, -0.25) is 4.98 Å². The van der Waals surface area contributed by atoms with Gasteiger partial charge in [-0.25, -0.2) is 0 Å². The Morgan fingerprint density at radius 2 is 2.29 bits per heavy atom. The molecule has 0 aliphatic heterocycles. The second-order valence-electron chi connectivity index (χ2n) is 4.29. The third-order valence-electron chi connectivity index (χ3n) is 2.59. The lowest BCUT2D eigenvalue weighted by Crippen LogP contribution is -2.29. The van der Waals surface area contributed by atoms with E-state index < -0.39 is 5.60 Å². The van der Waals surface area contributed by atoms with Gasteiger partial charge in [-0.2, -0.15) is 0 Å². The van der Waals surface area contributed by atoms with Gasteiger partial charge >= 0.3 is 0 Å².